The molecule has 96 valence electrons. The van der Waals surface area contributed by atoms with Crippen LogP contribution < -0.4 is 0 Å². The zero-order chi connectivity index (χ0) is 12.5. The summed E-state index contributed by atoms with van der Waals surface area (Å²) in [5.41, 5.74) is 2.68. The molecule has 0 spiro atoms. The van der Waals surface area contributed by atoms with Crippen molar-refractivity contribution in [1.82, 2.24) is 0 Å². The maximum atomic E-state index is 12.7. The van der Waals surface area contributed by atoms with E-state index in [1.807, 2.05) is 0 Å². The number of hydrogen-bond acceptors (Lipinski definition) is 1. The molecule has 0 unspecified atom stereocenters. The molecule has 0 aromatic heterocycles. The predicted molar refractivity (Wildman–Crippen MR) is 71.9 cm³/mol. The van der Waals surface area contributed by atoms with Gasteiger partial charge < -0.3 is 0 Å². The number of allylic oxidation sites excluding steroid dienone is 2. The van der Waals surface area contributed by atoms with Gasteiger partial charge >= 0.3 is 0 Å². The molecule has 2 aliphatic carbocycles. The third-order valence-corrected chi connectivity index (χ3v) is 4.68. The highest BCUT2D eigenvalue weighted by Crippen LogP contribution is 2.43. The minimum atomic E-state index is 0.122. The van der Waals surface area contributed by atoms with Gasteiger partial charge in [0.25, 0.3) is 0 Å². The molecular formula is C16H26O. The Morgan fingerprint density at radius 3 is 2.35 bits per heavy atom. The molecule has 0 aliphatic heterocycles. The summed E-state index contributed by atoms with van der Waals surface area (Å²) >= 11 is 0. The fourth-order valence-corrected chi connectivity index (χ4v) is 3.74. The van der Waals surface area contributed by atoms with Crippen molar-refractivity contribution < 1.29 is 4.79 Å². The fourth-order valence-electron chi connectivity index (χ4n) is 3.74. The molecule has 0 amide bonds. The summed E-state index contributed by atoms with van der Waals surface area (Å²) in [6.07, 6.45) is 9.66. The number of carbonyl (C=O) groups is 1. The van der Waals surface area contributed by atoms with Crippen LogP contribution in [0.4, 0.5) is 0 Å². The summed E-state index contributed by atoms with van der Waals surface area (Å²) in [6.45, 7) is 6.69. The normalized spacial score (nSPS) is 26.1. The second kappa shape index (κ2) is 4.96. The first kappa shape index (κ1) is 12.9. The number of rotatable bonds is 2. The molecule has 0 aromatic carbocycles. The highest BCUT2D eigenvalue weighted by Gasteiger charge is 2.36. The Kier molecular flexibility index (Phi) is 3.75. The zero-order valence-electron chi connectivity index (χ0n) is 11.6. The van der Waals surface area contributed by atoms with Crippen molar-refractivity contribution >= 4 is 5.78 Å². The number of Topliss-reactive ketones (excluding diaryl/α,β-unsaturated/α-hetero) is 1. The van der Waals surface area contributed by atoms with Crippen molar-refractivity contribution in [3.63, 3.8) is 0 Å². The van der Waals surface area contributed by atoms with E-state index >= 15 is 0 Å². The van der Waals surface area contributed by atoms with E-state index in [-0.39, 0.29) is 5.41 Å². The molecule has 2 rings (SSSR count). The van der Waals surface area contributed by atoms with Gasteiger partial charge in [0.1, 0.15) is 0 Å². The standard InChI is InChI=1S/C16H26O/c1-12-8-7-11-16(2,3)14(12)15(17)13-9-5-4-6-10-13/h13H,4-11H2,1-3H3. The van der Waals surface area contributed by atoms with Crippen LogP contribution in [0.2, 0.25) is 0 Å². The topological polar surface area (TPSA) is 17.1 Å². The van der Waals surface area contributed by atoms with Crippen molar-refractivity contribution in [2.45, 2.75) is 72.1 Å². The molecule has 0 aromatic rings. The van der Waals surface area contributed by atoms with E-state index in [9.17, 15) is 4.79 Å². The van der Waals surface area contributed by atoms with Crippen LogP contribution in [0.25, 0.3) is 0 Å². The van der Waals surface area contributed by atoms with Crippen LogP contribution >= 0.6 is 0 Å². The lowest BCUT2D eigenvalue weighted by molar-refractivity contribution is -0.121. The van der Waals surface area contributed by atoms with Crippen molar-refractivity contribution in [1.29, 1.82) is 0 Å². The lowest BCUT2D eigenvalue weighted by atomic mass is 9.68. The van der Waals surface area contributed by atoms with E-state index < -0.39 is 0 Å². The third kappa shape index (κ3) is 2.64. The number of carbonyl (C=O) groups excluding carboxylic acids is 1. The van der Waals surface area contributed by atoms with Crippen LogP contribution in [0.1, 0.15) is 72.1 Å². The highest BCUT2D eigenvalue weighted by atomic mass is 16.1. The van der Waals surface area contributed by atoms with Crippen molar-refractivity contribution in [3.05, 3.63) is 11.1 Å². The van der Waals surface area contributed by atoms with Crippen LogP contribution in [0.15, 0.2) is 11.1 Å². The van der Waals surface area contributed by atoms with Gasteiger partial charge in [0.2, 0.25) is 0 Å². The van der Waals surface area contributed by atoms with Crippen LogP contribution in [-0.4, -0.2) is 5.78 Å². The van der Waals surface area contributed by atoms with E-state index in [0.717, 1.165) is 19.3 Å². The maximum Gasteiger partial charge on any atom is 0.162 e. The second-order valence-electron chi connectivity index (χ2n) is 6.59. The minimum absolute atomic E-state index is 0.122. The average Bonchev–Trinajstić information content (AvgIpc) is 2.28. The van der Waals surface area contributed by atoms with E-state index in [4.69, 9.17) is 0 Å². The lowest BCUT2D eigenvalue weighted by Gasteiger charge is -2.36. The van der Waals surface area contributed by atoms with Crippen LogP contribution in [0.5, 0.6) is 0 Å². The Morgan fingerprint density at radius 2 is 1.76 bits per heavy atom. The van der Waals surface area contributed by atoms with E-state index in [0.29, 0.717) is 11.7 Å². The molecule has 1 nitrogen and oxygen atoms in total. The molecule has 0 saturated heterocycles. The van der Waals surface area contributed by atoms with Gasteiger partial charge in [0.05, 0.1) is 0 Å². The zero-order valence-corrected chi connectivity index (χ0v) is 11.6. The SMILES string of the molecule is CC1=C(C(=O)C2CCCCC2)C(C)(C)CCC1. The molecular weight excluding hydrogens is 208 g/mol. The molecule has 1 fully saturated rings. The van der Waals surface area contributed by atoms with Crippen LogP contribution in [0, 0.1) is 11.3 Å². The summed E-state index contributed by atoms with van der Waals surface area (Å²) in [4.78, 5) is 12.7. The van der Waals surface area contributed by atoms with Gasteiger partial charge in [-0.15, -0.1) is 0 Å². The van der Waals surface area contributed by atoms with Gasteiger partial charge in [-0.3, -0.25) is 4.79 Å². The van der Waals surface area contributed by atoms with Gasteiger partial charge in [-0.2, -0.15) is 0 Å². The van der Waals surface area contributed by atoms with Gasteiger partial charge in [-0.1, -0.05) is 38.7 Å². The predicted octanol–water partition coefficient (Wildman–Crippen LogP) is 4.66. The first-order valence-electron chi connectivity index (χ1n) is 7.27. The molecule has 0 bridgehead atoms. The summed E-state index contributed by atoms with van der Waals surface area (Å²) in [6, 6.07) is 0. The van der Waals surface area contributed by atoms with Gasteiger partial charge in [-0.25, -0.2) is 0 Å². The number of ketones is 1. The van der Waals surface area contributed by atoms with Gasteiger partial charge in [0.15, 0.2) is 5.78 Å². The van der Waals surface area contributed by atoms with Crippen molar-refractivity contribution in [3.8, 4) is 0 Å². The molecule has 0 atom stereocenters. The van der Waals surface area contributed by atoms with Crippen molar-refractivity contribution in [2.24, 2.45) is 11.3 Å². The first-order chi connectivity index (χ1) is 8.02. The minimum Gasteiger partial charge on any atom is -0.294 e. The Morgan fingerprint density at radius 1 is 1.12 bits per heavy atom. The molecule has 1 heteroatoms. The van der Waals surface area contributed by atoms with Gasteiger partial charge in [0, 0.05) is 5.92 Å². The Hall–Kier alpha value is -0.590. The van der Waals surface area contributed by atoms with Crippen molar-refractivity contribution in [2.75, 3.05) is 0 Å². The smallest absolute Gasteiger partial charge is 0.162 e. The largest absolute Gasteiger partial charge is 0.294 e. The average molecular weight is 234 g/mol. The van der Waals surface area contributed by atoms with Crippen LogP contribution in [-0.2, 0) is 4.79 Å². The molecule has 0 radical (unpaired) electrons. The first-order valence-corrected chi connectivity index (χ1v) is 7.27. The quantitative estimate of drug-likeness (QED) is 0.679. The lowest BCUT2D eigenvalue weighted by Crippen LogP contribution is -2.31. The van der Waals surface area contributed by atoms with E-state index in [1.54, 1.807) is 0 Å². The summed E-state index contributed by atoms with van der Waals surface area (Å²) < 4.78 is 0. The Bertz CT molecular complexity index is 329. The second-order valence-corrected chi connectivity index (χ2v) is 6.59. The molecule has 0 heterocycles. The van der Waals surface area contributed by atoms with Gasteiger partial charge in [-0.05, 0) is 50.0 Å². The summed E-state index contributed by atoms with van der Waals surface area (Å²) in [5.74, 6) is 0.831. The fraction of sp³-hybridized carbons (Fsp3) is 0.812. The molecule has 1 saturated carbocycles. The summed E-state index contributed by atoms with van der Waals surface area (Å²) in [5, 5.41) is 0. The van der Waals surface area contributed by atoms with Crippen LogP contribution in [0.3, 0.4) is 0 Å². The molecule has 0 N–H and O–H groups in total. The van der Waals surface area contributed by atoms with E-state index in [2.05, 4.69) is 20.8 Å². The highest BCUT2D eigenvalue weighted by molar-refractivity contribution is 5.99. The van der Waals surface area contributed by atoms with E-state index in [1.165, 1.54) is 43.3 Å². The maximum absolute atomic E-state index is 12.7. The third-order valence-electron chi connectivity index (χ3n) is 4.68. The molecule has 17 heavy (non-hydrogen) atoms. The molecule has 2 aliphatic rings. The Labute approximate surface area is 106 Å². The Balaban J connectivity index is 2.21. The summed E-state index contributed by atoms with van der Waals surface area (Å²) in [7, 11) is 0. The monoisotopic (exact) mass is 234 g/mol. The number of hydrogen-bond donors (Lipinski definition) is 0.